The maximum Gasteiger partial charge on any atom is 0.255 e. The van der Waals surface area contributed by atoms with Crippen molar-refractivity contribution >= 4 is 40.2 Å². The van der Waals surface area contributed by atoms with Crippen molar-refractivity contribution in [2.24, 2.45) is 23.7 Å². The number of amides is 3. The molecule has 3 aromatic carbocycles. The Morgan fingerprint density at radius 1 is 0.861 bits per heavy atom. The lowest BCUT2D eigenvalue weighted by Gasteiger charge is -2.17. The van der Waals surface area contributed by atoms with E-state index in [2.05, 4.69) is 22.5 Å². The summed E-state index contributed by atoms with van der Waals surface area (Å²) >= 11 is 0. The first kappa shape index (κ1) is 20.8. The summed E-state index contributed by atoms with van der Waals surface area (Å²) in [7, 11) is 0. The molecule has 36 heavy (non-hydrogen) atoms. The van der Waals surface area contributed by atoms with Gasteiger partial charge in [0.2, 0.25) is 17.7 Å². The highest BCUT2D eigenvalue weighted by Gasteiger charge is 2.59. The molecule has 176 valence electrons. The van der Waals surface area contributed by atoms with Crippen molar-refractivity contribution in [1.82, 2.24) is 4.98 Å². The van der Waals surface area contributed by atoms with E-state index in [1.165, 1.54) is 4.90 Å². The number of para-hydroxylation sites is 2. The topological polar surface area (TPSA) is 92.5 Å². The monoisotopic (exact) mass is 475 g/mol. The second-order valence-electron chi connectivity index (χ2n) is 9.58. The zero-order valence-corrected chi connectivity index (χ0v) is 19.1. The minimum Gasteiger partial charge on any atom is -0.436 e. The van der Waals surface area contributed by atoms with Gasteiger partial charge in [-0.2, -0.15) is 0 Å². The summed E-state index contributed by atoms with van der Waals surface area (Å²) < 4.78 is 5.80. The zero-order chi connectivity index (χ0) is 24.4. The van der Waals surface area contributed by atoms with E-state index < -0.39 is 0 Å². The van der Waals surface area contributed by atoms with E-state index in [1.54, 1.807) is 36.4 Å². The third-order valence-corrected chi connectivity index (χ3v) is 7.54. The molecule has 4 atom stereocenters. The summed E-state index contributed by atoms with van der Waals surface area (Å²) in [5.41, 5.74) is 3.89. The number of aromatic nitrogens is 1. The summed E-state index contributed by atoms with van der Waals surface area (Å²) in [5, 5.41) is 2.88. The number of allylic oxidation sites excluding steroid dienone is 2. The standard InChI is InChI=1S/C29H21N3O4/c33-26(30-20-11-7-17(8-12-20)27-31-22-3-1-2-4-23(22)36-27)16-9-13-21(14-10-16)32-28(34)24-18-5-6-19(15-18)25(24)29(32)35/h1-14,18-19,24-25H,15H2,(H,30,33)/t18-,19+,24-,25+. The summed E-state index contributed by atoms with van der Waals surface area (Å²) in [6.45, 7) is 0. The average Bonchev–Trinajstić information content (AvgIpc) is 3.67. The number of imide groups is 1. The number of carbonyl (C=O) groups is 3. The molecule has 4 aromatic rings. The van der Waals surface area contributed by atoms with Gasteiger partial charge in [-0.3, -0.25) is 19.3 Å². The van der Waals surface area contributed by atoms with Crippen molar-refractivity contribution in [1.29, 1.82) is 0 Å². The number of hydrogen-bond donors (Lipinski definition) is 1. The molecule has 1 aliphatic heterocycles. The van der Waals surface area contributed by atoms with E-state index in [0.29, 0.717) is 22.8 Å². The molecule has 2 aliphatic carbocycles. The van der Waals surface area contributed by atoms with Crippen LogP contribution < -0.4 is 10.2 Å². The summed E-state index contributed by atoms with van der Waals surface area (Å²) in [4.78, 5) is 44.6. The van der Waals surface area contributed by atoms with Crippen LogP contribution in [0.3, 0.4) is 0 Å². The van der Waals surface area contributed by atoms with Crippen LogP contribution in [-0.2, 0) is 9.59 Å². The van der Waals surface area contributed by atoms with E-state index in [4.69, 9.17) is 4.42 Å². The van der Waals surface area contributed by atoms with Gasteiger partial charge in [-0.15, -0.1) is 0 Å². The van der Waals surface area contributed by atoms with Crippen molar-refractivity contribution < 1.29 is 18.8 Å². The van der Waals surface area contributed by atoms with Gasteiger partial charge in [0.05, 0.1) is 17.5 Å². The molecule has 2 bridgehead atoms. The van der Waals surface area contributed by atoms with Crippen LogP contribution in [0.25, 0.3) is 22.6 Å². The van der Waals surface area contributed by atoms with Gasteiger partial charge in [0.15, 0.2) is 5.58 Å². The number of carbonyl (C=O) groups excluding carboxylic acids is 3. The highest BCUT2D eigenvalue weighted by molar-refractivity contribution is 6.23. The predicted molar refractivity (Wildman–Crippen MR) is 134 cm³/mol. The van der Waals surface area contributed by atoms with Crippen LogP contribution in [-0.4, -0.2) is 22.7 Å². The fourth-order valence-corrected chi connectivity index (χ4v) is 5.81. The van der Waals surface area contributed by atoms with Crippen molar-refractivity contribution in [3.8, 4) is 11.5 Å². The highest BCUT2D eigenvalue weighted by atomic mass is 16.3. The molecule has 0 unspecified atom stereocenters. The molecule has 1 aromatic heterocycles. The Morgan fingerprint density at radius 2 is 1.53 bits per heavy atom. The number of benzene rings is 3. The molecule has 2 heterocycles. The molecule has 2 fully saturated rings. The first-order valence-electron chi connectivity index (χ1n) is 12.0. The van der Waals surface area contributed by atoms with E-state index in [0.717, 1.165) is 23.1 Å². The number of oxazole rings is 1. The van der Waals surface area contributed by atoms with Crippen LogP contribution >= 0.6 is 0 Å². The van der Waals surface area contributed by atoms with Crippen LogP contribution in [0.1, 0.15) is 16.8 Å². The lowest BCUT2D eigenvalue weighted by atomic mass is 9.85. The van der Waals surface area contributed by atoms with Crippen LogP contribution in [0.5, 0.6) is 0 Å². The molecule has 1 saturated carbocycles. The Bertz CT molecular complexity index is 1510. The van der Waals surface area contributed by atoms with E-state index >= 15 is 0 Å². The minimum atomic E-state index is -0.283. The van der Waals surface area contributed by atoms with Crippen molar-refractivity contribution in [2.45, 2.75) is 6.42 Å². The number of fused-ring (bicyclic) bond motifs is 6. The normalized spacial score (nSPS) is 24.1. The van der Waals surface area contributed by atoms with Gasteiger partial charge in [0.1, 0.15) is 5.52 Å². The van der Waals surface area contributed by atoms with Crippen LogP contribution in [0.15, 0.2) is 89.4 Å². The number of nitrogens with one attached hydrogen (secondary N) is 1. The Kier molecular flexibility index (Phi) is 4.48. The summed E-state index contributed by atoms with van der Waals surface area (Å²) in [5.74, 6) is -0.170. The maximum atomic E-state index is 13.0. The molecular formula is C29H21N3O4. The van der Waals surface area contributed by atoms with Crippen LogP contribution in [0.2, 0.25) is 0 Å². The zero-order valence-electron chi connectivity index (χ0n) is 19.1. The average molecular weight is 476 g/mol. The summed E-state index contributed by atoms with van der Waals surface area (Å²) in [6.07, 6.45) is 5.05. The molecule has 0 spiro atoms. The van der Waals surface area contributed by atoms with E-state index in [-0.39, 0.29) is 41.4 Å². The smallest absolute Gasteiger partial charge is 0.255 e. The first-order valence-corrected chi connectivity index (χ1v) is 12.0. The van der Waals surface area contributed by atoms with Crippen LogP contribution in [0.4, 0.5) is 11.4 Å². The van der Waals surface area contributed by atoms with E-state index in [1.807, 2.05) is 36.4 Å². The molecule has 7 rings (SSSR count). The second-order valence-corrected chi connectivity index (χ2v) is 9.58. The van der Waals surface area contributed by atoms with Crippen LogP contribution in [0, 0.1) is 23.7 Å². The Labute approximate surface area is 206 Å². The first-order chi connectivity index (χ1) is 17.6. The van der Waals surface area contributed by atoms with Gasteiger partial charge in [0.25, 0.3) is 5.91 Å². The van der Waals surface area contributed by atoms with Gasteiger partial charge in [-0.05, 0) is 78.9 Å². The minimum absolute atomic E-state index is 0.127. The van der Waals surface area contributed by atoms with Gasteiger partial charge >= 0.3 is 0 Å². The third-order valence-electron chi connectivity index (χ3n) is 7.54. The van der Waals surface area contributed by atoms with Gasteiger partial charge < -0.3 is 9.73 Å². The fraction of sp³-hybridized carbons (Fsp3) is 0.172. The Balaban J connectivity index is 1.05. The van der Waals surface area contributed by atoms with Crippen molar-refractivity contribution in [3.05, 3.63) is 90.5 Å². The molecule has 1 N–H and O–H groups in total. The molecule has 1 saturated heterocycles. The highest BCUT2D eigenvalue weighted by Crippen LogP contribution is 2.53. The molecular weight excluding hydrogens is 454 g/mol. The summed E-state index contributed by atoms with van der Waals surface area (Å²) in [6, 6.07) is 21.4. The number of anilines is 2. The lowest BCUT2D eigenvalue weighted by molar-refractivity contribution is -0.123. The molecule has 0 radical (unpaired) electrons. The quantitative estimate of drug-likeness (QED) is 0.329. The SMILES string of the molecule is O=C(Nc1ccc(-c2nc3ccccc3o2)cc1)c1ccc(N2C(=O)[C@@H]3[C@H](C2=O)[C@@H]2C=C[C@H]3C2)cc1. The molecule has 7 nitrogen and oxygen atoms in total. The van der Waals surface area contributed by atoms with Gasteiger partial charge in [-0.25, -0.2) is 4.98 Å². The second kappa shape index (κ2) is 7.75. The van der Waals surface area contributed by atoms with E-state index in [9.17, 15) is 14.4 Å². The number of hydrogen-bond acceptors (Lipinski definition) is 5. The number of rotatable bonds is 4. The predicted octanol–water partition coefficient (Wildman–Crippen LogP) is 5.06. The Hall–Kier alpha value is -4.52. The lowest BCUT2D eigenvalue weighted by Crippen LogP contribution is -2.32. The maximum absolute atomic E-state index is 13.0. The fourth-order valence-electron chi connectivity index (χ4n) is 5.81. The number of nitrogens with zero attached hydrogens (tertiary/aromatic N) is 2. The van der Waals surface area contributed by atoms with Crippen molar-refractivity contribution in [2.75, 3.05) is 10.2 Å². The molecule has 3 aliphatic rings. The van der Waals surface area contributed by atoms with Gasteiger partial charge in [-0.1, -0.05) is 24.3 Å². The van der Waals surface area contributed by atoms with Gasteiger partial charge in [0, 0.05) is 16.8 Å². The third kappa shape index (κ3) is 3.12. The largest absolute Gasteiger partial charge is 0.436 e. The molecule has 7 heteroatoms. The van der Waals surface area contributed by atoms with Crippen molar-refractivity contribution in [3.63, 3.8) is 0 Å². The Morgan fingerprint density at radius 3 is 2.19 bits per heavy atom. The molecule has 3 amide bonds.